The van der Waals surface area contributed by atoms with E-state index in [0.717, 1.165) is 9.54 Å². The summed E-state index contributed by atoms with van der Waals surface area (Å²) >= 11 is 0. The molecule has 0 saturated carbocycles. The molecule has 0 aliphatic rings. The number of hydrogen-bond donors (Lipinski definition) is 1. The third kappa shape index (κ3) is 5.84. The van der Waals surface area contributed by atoms with E-state index >= 15 is 0 Å². The smallest absolute Gasteiger partial charge is 0.341 e. The molecule has 1 atom stereocenters. The minimum atomic E-state index is -4.39. The molecule has 11 nitrogen and oxygen atoms in total. The Morgan fingerprint density at radius 1 is 1.05 bits per heavy atom. The van der Waals surface area contributed by atoms with Gasteiger partial charge in [0, 0.05) is 23.4 Å². The maximum absolute atomic E-state index is 14.6. The molecular weight excluding hydrogens is 582 g/mol. The van der Waals surface area contributed by atoms with Crippen molar-refractivity contribution in [3.8, 4) is 17.2 Å². The molecule has 0 amide bonds. The van der Waals surface area contributed by atoms with Gasteiger partial charge in [0.2, 0.25) is 5.16 Å². The lowest BCUT2D eigenvalue weighted by Crippen LogP contribution is -2.21. The molecule has 1 N–H and O–H groups in total. The standard InChI is InChI=1S/C29H33N3O8S2/c1-16(2)22-11-21(40-14-26(33)34)10-17(3)28(22)42(36,37)32-25-9-8-20(38-6)12-23(25)31-29(32)41(35)15-24-19(5)27(39-7)18(4)13-30-24/h8-13,16H,14-15H2,1-7H3,(H,33,34). The Labute approximate surface area is 247 Å². The number of aryl methyl sites for hydroxylation is 2. The number of carbonyl (C=O) groups is 1. The van der Waals surface area contributed by atoms with E-state index in [1.165, 1.54) is 19.2 Å². The van der Waals surface area contributed by atoms with Gasteiger partial charge in [-0.1, -0.05) is 13.8 Å². The summed E-state index contributed by atoms with van der Waals surface area (Å²) in [4.78, 5) is 20.0. The summed E-state index contributed by atoms with van der Waals surface area (Å²) in [5, 5.41) is 8.87. The van der Waals surface area contributed by atoms with Crippen molar-refractivity contribution in [1.82, 2.24) is 13.9 Å². The number of carboxylic acids is 1. The van der Waals surface area contributed by atoms with E-state index in [4.69, 9.17) is 19.3 Å². The molecule has 0 fully saturated rings. The van der Waals surface area contributed by atoms with Crippen LogP contribution >= 0.6 is 0 Å². The Bertz CT molecular complexity index is 1810. The number of benzene rings is 2. The highest BCUT2D eigenvalue weighted by atomic mass is 32.2. The number of aromatic nitrogens is 3. The summed E-state index contributed by atoms with van der Waals surface area (Å²) in [6.45, 7) is 8.34. The molecule has 13 heteroatoms. The van der Waals surface area contributed by atoms with Crippen LogP contribution in [0.1, 0.15) is 47.7 Å². The Hall–Kier alpha value is -3.97. The van der Waals surface area contributed by atoms with Crippen molar-refractivity contribution in [3.05, 3.63) is 64.5 Å². The fraction of sp³-hybridized carbons (Fsp3) is 0.345. The number of imidazole rings is 1. The molecule has 0 aliphatic carbocycles. The molecule has 0 bridgehead atoms. The largest absolute Gasteiger partial charge is 0.497 e. The number of pyridine rings is 1. The fourth-order valence-electron chi connectivity index (χ4n) is 4.79. The molecule has 0 saturated heterocycles. The molecule has 2 heterocycles. The first-order valence-corrected chi connectivity index (χ1v) is 15.7. The van der Waals surface area contributed by atoms with E-state index in [2.05, 4.69) is 9.97 Å². The predicted molar refractivity (Wildman–Crippen MR) is 158 cm³/mol. The quantitative estimate of drug-likeness (QED) is 0.256. The highest BCUT2D eigenvalue weighted by Crippen LogP contribution is 2.36. The summed E-state index contributed by atoms with van der Waals surface area (Å²) in [6.07, 6.45) is 1.62. The third-order valence-corrected chi connectivity index (χ3v) is 10.0. The summed E-state index contributed by atoms with van der Waals surface area (Å²) in [5.74, 6) is -0.226. The fourth-order valence-corrected chi connectivity index (χ4v) is 8.39. The first kappa shape index (κ1) is 31.0. The van der Waals surface area contributed by atoms with E-state index in [-0.39, 0.29) is 38.5 Å². The number of ether oxygens (including phenoxy) is 3. The van der Waals surface area contributed by atoms with Gasteiger partial charge in [-0.25, -0.2) is 22.2 Å². The lowest BCUT2D eigenvalue weighted by atomic mass is 10.0. The SMILES string of the molecule is COc1ccc2c(c1)nc(S(=O)Cc1ncc(C)c(OC)c1C)n2S(=O)(=O)c1c(C)cc(OCC(=O)O)cc1C(C)C. The Balaban J connectivity index is 1.94. The second-order valence-electron chi connectivity index (χ2n) is 10.1. The van der Waals surface area contributed by atoms with Crippen molar-refractivity contribution in [1.29, 1.82) is 0 Å². The summed E-state index contributed by atoms with van der Waals surface area (Å²) in [6, 6.07) is 7.76. The first-order valence-electron chi connectivity index (χ1n) is 13.0. The molecular formula is C29H33N3O8S2. The van der Waals surface area contributed by atoms with Crippen molar-refractivity contribution >= 4 is 37.8 Å². The van der Waals surface area contributed by atoms with Gasteiger partial charge in [-0.05, 0) is 62.1 Å². The van der Waals surface area contributed by atoms with E-state index in [1.807, 2.05) is 27.7 Å². The molecule has 1 unspecified atom stereocenters. The van der Waals surface area contributed by atoms with E-state index in [9.17, 15) is 17.4 Å². The van der Waals surface area contributed by atoms with Crippen molar-refractivity contribution in [3.63, 3.8) is 0 Å². The molecule has 42 heavy (non-hydrogen) atoms. The van der Waals surface area contributed by atoms with Crippen LogP contribution in [0.3, 0.4) is 0 Å². The summed E-state index contributed by atoms with van der Waals surface area (Å²) < 4.78 is 60.3. The zero-order valence-corrected chi connectivity index (χ0v) is 26.1. The van der Waals surface area contributed by atoms with Crippen molar-refractivity contribution < 1.29 is 36.7 Å². The van der Waals surface area contributed by atoms with Gasteiger partial charge in [0.1, 0.15) is 17.2 Å². The Kier molecular flexibility index (Phi) is 8.92. The average molecular weight is 616 g/mol. The van der Waals surface area contributed by atoms with Gasteiger partial charge in [-0.2, -0.15) is 0 Å². The minimum Gasteiger partial charge on any atom is -0.497 e. The van der Waals surface area contributed by atoms with Gasteiger partial charge in [-0.15, -0.1) is 0 Å². The maximum atomic E-state index is 14.6. The van der Waals surface area contributed by atoms with Gasteiger partial charge < -0.3 is 19.3 Å². The van der Waals surface area contributed by atoms with E-state index < -0.39 is 33.4 Å². The molecule has 0 aliphatic heterocycles. The highest BCUT2D eigenvalue weighted by Gasteiger charge is 2.32. The van der Waals surface area contributed by atoms with Crippen molar-refractivity contribution in [2.75, 3.05) is 20.8 Å². The molecule has 0 radical (unpaired) electrons. The maximum Gasteiger partial charge on any atom is 0.341 e. The molecule has 2 aromatic heterocycles. The van der Waals surface area contributed by atoms with Crippen LogP contribution in [0, 0.1) is 20.8 Å². The van der Waals surface area contributed by atoms with E-state index in [0.29, 0.717) is 33.9 Å². The summed E-state index contributed by atoms with van der Waals surface area (Å²) in [7, 11) is -3.31. The first-order chi connectivity index (χ1) is 19.8. The zero-order chi connectivity index (χ0) is 30.9. The Morgan fingerprint density at radius 3 is 2.38 bits per heavy atom. The second kappa shape index (κ2) is 12.1. The van der Waals surface area contributed by atoms with Crippen LogP contribution in [0.4, 0.5) is 0 Å². The normalized spacial score (nSPS) is 12.5. The van der Waals surface area contributed by atoms with Crippen LogP contribution in [0.25, 0.3) is 11.0 Å². The van der Waals surface area contributed by atoms with Crippen LogP contribution in [-0.2, 0) is 31.4 Å². The second-order valence-corrected chi connectivity index (χ2v) is 13.1. The predicted octanol–water partition coefficient (Wildman–Crippen LogP) is 4.51. The van der Waals surface area contributed by atoms with Crippen molar-refractivity contribution in [2.24, 2.45) is 0 Å². The highest BCUT2D eigenvalue weighted by molar-refractivity contribution is 7.91. The summed E-state index contributed by atoms with van der Waals surface area (Å²) in [5.41, 5.74) is 3.29. The molecule has 0 spiro atoms. The Morgan fingerprint density at radius 2 is 1.76 bits per heavy atom. The molecule has 4 rings (SSSR count). The number of nitrogens with zero attached hydrogens (tertiary/aromatic N) is 3. The lowest BCUT2D eigenvalue weighted by Gasteiger charge is -2.20. The van der Waals surface area contributed by atoms with Gasteiger partial charge in [-0.3, -0.25) is 9.19 Å². The van der Waals surface area contributed by atoms with E-state index in [1.54, 1.807) is 38.4 Å². The van der Waals surface area contributed by atoms with Gasteiger partial charge >= 0.3 is 5.97 Å². The van der Waals surface area contributed by atoms with Crippen LogP contribution in [0.5, 0.6) is 17.2 Å². The average Bonchev–Trinajstić information content (AvgIpc) is 3.33. The van der Waals surface area contributed by atoms with Crippen LogP contribution in [0.2, 0.25) is 0 Å². The number of fused-ring (bicyclic) bond motifs is 1. The van der Waals surface area contributed by atoms with Gasteiger partial charge in [0.15, 0.2) is 6.61 Å². The number of hydrogen-bond acceptors (Lipinski definition) is 9. The van der Waals surface area contributed by atoms with Crippen LogP contribution < -0.4 is 14.2 Å². The van der Waals surface area contributed by atoms with Crippen LogP contribution in [-0.4, -0.2) is 58.5 Å². The number of carboxylic acid groups (broad SMARTS) is 1. The monoisotopic (exact) mass is 615 g/mol. The zero-order valence-electron chi connectivity index (χ0n) is 24.4. The number of methoxy groups -OCH3 is 2. The minimum absolute atomic E-state index is 0.000135. The molecule has 2 aromatic carbocycles. The lowest BCUT2D eigenvalue weighted by molar-refractivity contribution is -0.139. The van der Waals surface area contributed by atoms with Crippen LogP contribution in [0.15, 0.2) is 46.6 Å². The topological polar surface area (TPSA) is 147 Å². The third-order valence-electron chi connectivity index (χ3n) is 6.77. The molecule has 4 aromatic rings. The molecule has 224 valence electrons. The van der Waals surface area contributed by atoms with Gasteiger partial charge in [0.25, 0.3) is 10.0 Å². The number of aliphatic carboxylic acids is 1. The van der Waals surface area contributed by atoms with Crippen molar-refractivity contribution in [2.45, 2.75) is 56.3 Å². The number of rotatable bonds is 11. The van der Waals surface area contributed by atoms with Gasteiger partial charge in [0.05, 0.1) is 52.4 Å².